The number of hydrogen-bond acceptors (Lipinski definition) is 5. The van der Waals surface area contributed by atoms with E-state index in [1.807, 2.05) is 4.90 Å². The Morgan fingerprint density at radius 3 is 2.86 bits per heavy atom. The molecule has 9 heteroatoms. The lowest BCUT2D eigenvalue weighted by molar-refractivity contribution is -0.174. The first kappa shape index (κ1) is 13.9. The zero-order valence-electron chi connectivity index (χ0n) is 11.9. The highest BCUT2D eigenvalue weighted by Gasteiger charge is 2.55. The first-order valence-electron chi connectivity index (χ1n) is 7.12. The zero-order valence-corrected chi connectivity index (χ0v) is 11.9. The molecule has 3 aliphatic rings. The minimum absolute atomic E-state index is 0.0222. The molecule has 1 N–H and O–H groups in total. The third-order valence-electron chi connectivity index (χ3n) is 4.68. The largest absolute Gasteiger partial charge is 0.412 e. The fraction of sp³-hybridized carbons (Fsp3) is 0.692. The number of fused-ring (bicyclic) bond motifs is 3. The fourth-order valence-electron chi connectivity index (χ4n) is 3.33. The highest BCUT2D eigenvalue weighted by Crippen LogP contribution is 2.39. The van der Waals surface area contributed by atoms with E-state index in [4.69, 9.17) is 4.74 Å². The van der Waals surface area contributed by atoms with Crippen LogP contribution in [-0.2, 0) is 11.3 Å². The molecular formula is C13H15F3N4O2. The van der Waals surface area contributed by atoms with Crippen LogP contribution in [0.25, 0.3) is 0 Å². The molecule has 4 rings (SSSR count). The average molecular weight is 316 g/mol. The molecule has 3 unspecified atom stereocenters. The molecule has 2 saturated heterocycles. The normalized spacial score (nSPS) is 33.2. The van der Waals surface area contributed by atoms with E-state index in [1.54, 1.807) is 0 Å². The average Bonchev–Trinajstić information content (AvgIpc) is 3.10. The van der Waals surface area contributed by atoms with Gasteiger partial charge in [-0.3, -0.25) is 9.36 Å². The smallest absolute Gasteiger partial charge is 0.374 e. The minimum Gasteiger partial charge on any atom is -0.374 e. The first-order chi connectivity index (χ1) is 10.3. The van der Waals surface area contributed by atoms with Gasteiger partial charge in [-0.15, -0.1) is 0 Å². The van der Waals surface area contributed by atoms with Crippen molar-refractivity contribution in [2.24, 2.45) is 0 Å². The van der Waals surface area contributed by atoms with E-state index in [0.29, 0.717) is 19.0 Å². The van der Waals surface area contributed by atoms with Gasteiger partial charge < -0.3 is 15.0 Å². The van der Waals surface area contributed by atoms with Crippen LogP contribution in [0.3, 0.4) is 0 Å². The van der Waals surface area contributed by atoms with Crippen LogP contribution in [-0.4, -0.2) is 46.6 Å². The second-order valence-electron chi connectivity index (χ2n) is 6.31. The minimum atomic E-state index is -4.46. The molecule has 1 aromatic rings. The van der Waals surface area contributed by atoms with Crippen molar-refractivity contribution in [2.45, 2.75) is 43.8 Å². The van der Waals surface area contributed by atoms with Crippen molar-refractivity contribution < 1.29 is 17.9 Å². The van der Waals surface area contributed by atoms with Crippen LogP contribution in [0.5, 0.6) is 0 Å². The van der Waals surface area contributed by atoms with Crippen LogP contribution < -0.4 is 15.8 Å². The fourth-order valence-corrected chi connectivity index (χ4v) is 3.33. The van der Waals surface area contributed by atoms with E-state index in [2.05, 4.69) is 10.3 Å². The van der Waals surface area contributed by atoms with Crippen molar-refractivity contribution in [2.75, 3.05) is 23.4 Å². The van der Waals surface area contributed by atoms with Gasteiger partial charge in [0.25, 0.3) is 5.56 Å². The predicted molar refractivity (Wildman–Crippen MR) is 72.1 cm³/mol. The number of rotatable bonds is 1. The van der Waals surface area contributed by atoms with Crippen LogP contribution in [0.1, 0.15) is 13.3 Å². The van der Waals surface area contributed by atoms with E-state index in [-0.39, 0.29) is 18.1 Å². The van der Waals surface area contributed by atoms with Crippen LogP contribution in [0.4, 0.5) is 24.9 Å². The Morgan fingerprint density at radius 2 is 2.27 bits per heavy atom. The molecule has 22 heavy (non-hydrogen) atoms. The van der Waals surface area contributed by atoms with Crippen molar-refractivity contribution in [1.82, 2.24) is 9.55 Å². The maximum Gasteiger partial charge on any atom is 0.412 e. The topological polar surface area (TPSA) is 59.4 Å². The summed E-state index contributed by atoms with van der Waals surface area (Å²) in [5, 5.41) is 2.37. The summed E-state index contributed by atoms with van der Waals surface area (Å²) in [5.74, 6) is 0.400. The maximum atomic E-state index is 13.1. The number of hydrogen-bond donors (Lipinski definition) is 1. The summed E-state index contributed by atoms with van der Waals surface area (Å²) in [7, 11) is 0. The molecule has 6 nitrogen and oxygen atoms in total. The molecule has 4 heterocycles. The lowest BCUT2D eigenvalue weighted by Gasteiger charge is -2.28. The van der Waals surface area contributed by atoms with Gasteiger partial charge in [0.05, 0.1) is 25.3 Å². The summed E-state index contributed by atoms with van der Waals surface area (Å²) in [4.78, 5) is 18.4. The highest BCUT2D eigenvalue weighted by molar-refractivity contribution is 5.49. The van der Waals surface area contributed by atoms with E-state index in [0.717, 1.165) is 17.9 Å². The third-order valence-corrected chi connectivity index (χ3v) is 4.68. The number of aromatic nitrogens is 2. The predicted octanol–water partition coefficient (Wildman–Crippen LogP) is 0.967. The second kappa shape index (κ2) is 4.15. The number of anilines is 2. The Kier molecular flexibility index (Phi) is 2.62. The van der Waals surface area contributed by atoms with Crippen molar-refractivity contribution in [3.63, 3.8) is 0 Å². The second-order valence-corrected chi connectivity index (χ2v) is 6.31. The number of alkyl halides is 3. The summed E-state index contributed by atoms with van der Waals surface area (Å²) < 4.78 is 45.9. The monoisotopic (exact) mass is 316 g/mol. The SMILES string of the molecule is CC1(C(F)(F)F)Cn2c(nc(N3CC4CC3CO4)cc2=O)N1. The van der Waals surface area contributed by atoms with E-state index in [1.165, 1.54) is 6.07 Å². The number of nitrogens with one attached hydrogen (secondary N) is 1. The molecule has 1 aromatic heterocycles. The summed E-state index contributed by atoms with van der Waals surface area (Å²) >= 11 is 0. The molecule has 0 aromatic carbocycles. The Morgan fingerprint density at radius 1 is 1.50 bits per heavy atom. The molecule has 3 aliphatic heterocycles. The van der Waals surface area contributed by atoms with Crippen LogP contribution in [0.15, 0.2) is 10.9 Å². The summed E-state index contributed by atoms with van der Waals surface area (Å²) in [5.41, 5.74) is -2.64. The number of halogens is 3. The van der Waals surface area contributed by atoms with Gasteiger partial charge in [0.1, 0.15) is 5.82 Å². The summed E-state index contributed by atoms with van der Waals surface area (Å²) in [6.07, 6.45) is -3.47. The quantitative estimate of drug-likeness (QED) is 0.836. The number of nitrogens with zero attached hydrogens (tertiary/aromatic N) is 3. The van der Waals surface area contributed by atoms with Gasteiger partial charge in [-0.25, -0.2) is 0 Å². The van der Waals surface area contributed by atoms with Crippen molar-refractivity contribution in [3.8, 4) is 0 Å². The molecule has 0 amide bonds. The summed E-state index contributed by atoms with van der Waals surface area (Å²) in [6, 6.07) is 1.46. The highest BCUT2D eigenvalue weighted by atomic mass is 19.4. The van der Waals surface area contributed by atoms with Crippen LogP contribution >= 0.6 is 0 Å². The first-order valence-corrected chi connectivity index (χ1v) is 7.12. The molecule has 0 saturated carbocycles. The zero-order chi connectivity index (χ0) is 15.7. The van der Waals surface area contributed by atoms with E-state index < -0.39 is 23.8 Å². The Bertz CT molecular complexity index is 689. The van der Waals surface area contributed by atoms with E-state index >= 15 is 0 Å². The van der Waals surface area contributed by atoms with Crippen molar-refractivity contribution in [3.05, 3.63) is 16.4 Å². The maximum absolute atomic E-state index is 13.1. The van der Waals surface area contributed by atoms with Gasteiger partial charge in [0.2, 0.25) is 5.95 Å². The van der Waals surface area contributed by atoms with Gasteiger partial charge in [0, 0.05) is 12.6 Å². The number of ether oxygens (including phenoxy) is 1. The Hall–Kier alpha value is -1.77. The Balaban J connectivity index is 1.70. The molecule has 0 aliphatic carbocycles. The van der Waals surface area contributed by atoms with Crippen molar-refractivity contribution >= 4 is 11.8 Å². The van der Waals surface area contributed by atoms with Crippen molar-refractivity contribution in [1.29, 1.82) is 0 Å². The molecule has 0 radical (unpaired) electrons. The van der Waals surface area contributed by atoms with E-state index in [9.17, 15) is 18.0 Å². The molecule has 0 spiro atoms. The molecule has 2 fully saturated rings. The molecule has 3 atom stereocenters. The van der Waals surface area contributed by atoms with Gasteiger partial charge in [-0.2, -0.15) is 18.2 Å². The van der Waals surface area contributed by atoms with Gasteiger partial charge >= 0.3 is 6.18 Å². The van der Waals surface area contributed by atoms with Gasteiger partial charge in [0.15, 0.2) is 5.54 Å². The Labute approximate surface area is 123 Å². The standard InChI is InChI=1S/C13H15F3N4O2/c1-12(13(14,15)16)6-20-10(21)3-9(17-11(20)18-12)19-4-8-2-7(19)5-22-8/h3,7-8H,2,4-6H2,1H3,(H,17,18). The summed E-state index contributed by atoms with van der Waals surface area (Å²) in [6.45, 7) is 1.76. The molecule has 2 bridgehead atoms. The van der Waals surface area contributed by atoms with Crippen LogP contribution in [0.2, 0.25) is 0 Å². The number of morpholine rings is 1. The third kappa shape index (κ3) is 1.84. The van der Waals surface area contributed by atoms with Gasteiger partial charge in [-0.1, -0.05) is 0 Å². The molecule has 120 valence electrons. The lowest BCUT2D eigenvalue weighted by Crippen LogP contribution is -2.48. The van der Waals surface area contributed by atoms with Gasteiger partial charge in [-0.05, 0) is 13.3 Å². The lowest BCUT2D eigenvalue weighted by atomic mass is 10.0. The van der Waals surface area contributed by atoms with Crippen LogP contribution in [0, 0.1) is 0 Å². The molecular weight excluding hydrogens is 301 g/mol.